The largest absolute Gasteiger partial charge is 0.465 e. The Balaban J connectivity index is 2.04. The van der Waals surface area contributed by atoms with E-state index >= 15 is 0 Å². The van der Waals surface area contributed by atoms with Crippen LogP contribution in [0.5, 0.6) is 0 Å². The van der Waals surface area contributed by atoms with Crippen molar-refractivity contribution in [3.8, 4) is 0 Å². The molecule has 2 rings (SSSR count). The van der Waals surface area contributed by atoms with Gasteiger partial charge in [-0.3, -0.25) is 9.10 Å². The summed E-state index contributed by atoms with van der Waals surface area (Å²) in [4.78, 5) is 23.5. The number of carbonyl (C=O) groups excluding carboxylic acids is 2. The average Bonchev–Trinajstić information content (AvgIpc) is 2.62. The van der Waals surface area contributed by atoms with Gasteiger partial charge >= 0.3 is 5.97 Å². The van der Waals surface area contributed by atoms with Gasteiger partial charge in [0.2, 0.25) is 15.9 Å². The quantitative estimate of drug-likeness (QED) is 0.728. The smallest absolute Gasteiger partial charge is 0.337 e. The Hall–Kier alpha value is -2.94. The van der Waals surface area contributed by atoms with Crippen molar-refractivity contribution in [3.63, 3.8) is 0 Å². The highest BCUT2D eigenvalue weighted by molar-refractivity contribution is 7.92. The fourth-order valence-corrected chi connectivity index (χ4v) is 3.28. The molecule has 0 fully saturated rings. The van der Waals surface area contributed by atoms with Gasteiger partial charge in [0, 0.05) is 18.7 Å². The molecule has 0 bridgehead atoms. The van der Waals surface area contributed by atoms with Crippen LogP contribution in [-0.4, -0.2) is 40.2 Å². The van der Waals surface area contributed by atoms with Crippen LogP contribution in [-0.2, 0) is 19.6 Å². The molecule has 2 aromatic rings. The maximum Gasteiger partial charge on any atom is 0.337 e. The van der Waals surface area contributed by atoms with Crippen LogP contribution in [0.25, 0.3) is 0 Å². The number of ether oxygens (including phenoxy) is 1. The van der Waals surface area contributed by atoms with Crippen molar-refractivity contribution in [1.82, 2.24) is 0 Å². The zero-order valence-electron chi connectivity index (χ0n) is 14.8. The Morgan fingerprint density at radius 2 is 1.74 bits per heavy atom. The first-order valence-corrected chi connectivity index (χ1v) is 9.77. The number of rotatable bonds is 7. The van der Waals surface area contributed by atoms with Crippen LogP contribution >= 0.6 is 0 Å². The van der Waals surface area contributed by atoms with Crippen LogP contribution in [0.3, 0.4) is 0 Å². The molecule has 0 atom stereocenters. The number of nitrogens with zero attached hydrogens (tertiary/aromatic N) is 1. The highest BCUT2D eigenvalue weighted by atomic mass is 32.2. The van der Waals surface area contributed by atoms with E-state index in [2.05, 4.69) is 10.1 Å². The summed E-state index contributed by atoms with van der Waals surface area (Å²) in [6.07, 6.45) is 0.767. The molecule has 7 nitrogen and oxygen atoms in total. The zero-order chi connectivity index (χ0) is 20.0. The molecule has 0 unspecified atom stereocenters. The van der Waals surface area contributed by atoms with E-state index in [0.29, 0.717) is 11.3 Å². The average molecular weight is 394 g/mol. The molecule has 144 valence electrons. The molecule has 0 saturated heterocycles. The third-order valence-corrected chi connectivity index (χ3v) is 4.83. The molecule has 9 heteroatoms. The number of sulfonamides is 1. The van der Waals surface area contributed by atoms with Crippen molar-refractivity contribution in [3.05, 3.63) is 59.9 Å². The van der Waals surface area contributed by atoms with E-state index in [4.69, 9.17) is 0 Å². The van der Waals surface area contributed by atoms with Gasteiger partial charge in [-0.15, -0.1) is 0 Å². The highest BCUT2D eigenvalue weighted by Crippen LogP contribution is 2.21. The van der Waals surface area contributed by atoms with Gasteiger partial charge in [-0.2, -0.15) is 0 Å². The zero-order valence-corrected chi connectivity index (χ0v) is 15.6. The standard InChI is InChI=1S/C18H19FN2O5S/c1-26-18(23)13-7-9-14(10-8-13)20-17(22)11-12-21(27(2,24)25)16-6-4-3-5-15(16)19/h3-10H,11-12H2,1-2H3,(H,20,22). The molecule has 2 aromatic carbocycles. The lowest BCUT2D eigenvalue weighted by atomic mass is 10.2. The monoisotopic (exact) mass is 394 g/mol. The molecule has 1 N–H and O–H groups in total. The molecule has 0 aliphatic heterocycles. The predicted molar refractivity (Wildman–Crippen MR) is 99.6 cm³/mol. The Morgan fingerprint density at radius 1 is 1.11 bits per heavy atom. The maximum atomic E-state index is 13.9. The Morgan fingerprint density at radius 3 is 2.30 bits per heavy atom. The lowest BCUT2D eigenvalue weighted by molar-refractivity contribution is -0.116. The molecule has 1 amide bonds. The number of hydrogen-bond acceptors (Lipinski definition) is 5. The summed E-state index contributed by atoms with van der Waals surface area (Å²) in [5.74, 6) is -1.64. The molecule has 0 aromatic heterocycles. The van der Waals surface area contributed by atoms with E-state index in [1.54, 1.807) is 0 Å². The molecule has 0 radical (unpaired) electrons. The van der Waals surface area contributed by atoms with Crippen LogP contribution in [0.2, 0.25) is 0 Å². The number of esters is 1. The van der Waals surface area contributed by atoms with Gasteiger partial charge in [0.15, 0.2) is 0 Å². The summed E-state index contributed by atoms with van der Waals surface area (Å²) in [7, 11) is -2.50. The second-order valence-electron chi connectivity index (χ2n) is 5.65. The number of methoxy groups -OCH3 is 1. The summed E-state index contributed by atoms with van der Waals surface area (Å²) < 4.78 is 43.3. The number of nitrogens with one attached hydrogen (secondary N) is 1. The summed E-state index contributed by atoms with van der Waals surface area (Å²) in [6, 6.07) is 11.5. The number of amides is 1. The molecule has 0 heterocycles. The second kappa shape index (κ2) is 8.63. The number of anilines is 2. The number of hydrogen-bond donors (Lipinski definition) is 1. The minimum atomic E-state index is -3.77. The summed E-state index contributed by atoms with van der Waals surface area (Å²) in [5.41, 5.74) is 0.651. The van der Waals surface area contributed by atoms with Crippen molar-refractivity contribution in [1.29, 1.82) is 0 Å². The minimum absolute atomic E-state index is 0.116. The van der Waals surface area contributed by atoms with E-state index < -0.39 is 27.7 Å². The van der Waals surface area contributed by atoms with Crippen LogP contribution in [0.4, 0.5) is 15.8 Å². The topological polar surface area (TPSA) is 92.8 Å². The molecule has 0 spiro atoms. The molecular weight excluding hydrogens is 375 g/mol. The number of halogens is 1. The maximum absolute atomic E-state index is 13.9. The van der Waals surface area contributed by atoms with E-state index in [-0.39, 0.29) is 18.7 Å². The van der Waals surface area contributed by atoms with Crippen LogP contribution in [0.1, 0.15) is 16.8 Å². The minimum Gasteiger partial charge on any atom is -0.465 e. The molecule has 0 aliphatic carbocycles. The first-order valence-electron chi connectivity index (χ1n) is 7.93. The first-order chi connectivity index (χ1) is 12.7. The lowest BCUT2D eigenvalue weighted by Gasteiger charge is -2.22. The van der Waals surface area contributed by atoms with Gasteiger partial charge in [-0.25, -0.2) is 17.6 Å². The molecule has 27 heavy (non-hydrogen) atoms. The SMILES string of the molecule is COC(=O)c1ccc(NC(=O)CCN(c2ccccc2F)S(C)(=O)=O)cc1. The van der Waals surface area contributed by atoms with Gasteiger partial charge in [0.1, 0.15) is 5.82 Å². The fourth-order valence-electron chi connectivity index (χ4n) is 2.35. The van der Waals surface area contributed by atoms with Gasteiger partial charge in [0.05, 0.1) is 24.6 Å². The number of benzene rings is 2. The van der Waals surface area contributed by atoms with Crippen LogP contribution in [0.15, 0.2) is 48.5 Å². The third-order valence-electron chi connectivity index (χ3n) is 3.65. The summed E-state index contributed by atoms with van der Waals surface area (Å²) >= 11 is 0. The van der Waals surface area contributed by atoms with Crippen molar-refractivity contribution in [2.24, 2.45) is 0 Å². The third kappa shape index (κ3) is 5.52. The van der Waals surface area contributed by atoms with Crippen molar-refractivity contribution >= 4 is 33.3 Å². The normalized spacial score (nSPS) is 10.9. The van der Waals surface area contributed by atoms with Crippen molar-refractivity contribution in [2.45, 2.75) is 6.42 Å². The Labute approximate surface area is 156 Å². The number of carbonyl (C=O) groups is 2. The second-order valence-corrected chi connectivity index (χ2v) is 7.56. The van der Waals surface area contributed by atoms with E-state index in [9.17, 15) is 22.4 Å². The van der Waals surface area contributed by atoms with Gasteiger partial charge < -0.3 is 10.1 Å². The summed E-state index contributed by atoms with van der Waals surface area (Å²) in [6.45, 7) is -0.216. The van der Waals surface area contributed by atoms with E-state index in [1.165, 1.54) is 49.6 Å². The molecule has 0 saturated carbocycles. The van der Waals surface area contributed by atoms with Crippen molar-refractivity contribution in [2.75, 3.05) is 29.5 Å². The molecule has 0 aliphatic rings. The van der Waals surface area contributed by atoms with E-state index in [0.717, 1.165) is 16.6 Å². The Bertz CT molecular complexity index is 929. The summed E-state index contributed by atoms with van der Waals surface area (Å²) in [5, 5.41) is 2.59. The fraction of sp³-hybridized carbons (Fsp3) is 0.222. The predicted octanol–water partition coefficient (Wildman–Crippen LogP) is 2.41. The van der Waals surface area contributed by atoms with Gasteiger partial charge in [-0.05, 0) is 36.4 Å². The van der Waals surface area contributed by atoms with E-state index in [1.807, 2.05) is 0 Å². The van der Waals surface area contributed by atoms with Gasteiger partial charge in [0.25, 0.3) is 0 Å². The Kier molecular flexibility index (Phi) is 6.51. The lowest BCUT2D eigenvalue weighted by Crippen LogP contribution is -2.33. The van der Waals surface area contributed by atoms with Crippen molar-refractivity contribution < 1.29 is 27.1 Å². The van der Waals surface area contributed by atoms with Crippen LogP contribution < -0.4 is 9.62 Å². The first kappa shape index (κ1) is 20.4. The number of para-hydroxylation sites is 1. The van der Waals surface area contributed by atoms with Crippen LogP contribution in [0, 0.1) is 5.82 Å². The molecular formula is C18H19FN2O5S. The highest BCUT2D eigenvalue weighted by Gasteiger charge is 2.21. The van der Waals surface area contributed by atoms with Gasteiger partial charge in [-0.1, -0.05) is 12.1 Å².